The molecule has 0 saturated heterocycles. The first-order valence-electron chi connectivity index (χ1n) is 16.6. The number of benzene rings is 2. The summed E-state index contributed by atoms with van der Waals surface area (Å²) in [7, 11) is 0. The molecule has 45 heavy (non-hydrogen) atoms. The first-order chi connectivity index (χ1) is 21.3. The molecule has 0 spiro atoms. The van der Waals surface area contributed by atoms with Crippen LogP contribution in [0.2, 0.25) is 0 Å². The minimum absolute atomic E-state index is 0.276. The highest BCUT2D eigenvalue weighted by atomic mass is 15.2. The van der Waals surface area contributed by atoms with Crippen molar-refractivity contribution in [2.24, 2.45) is 20.6 Å². The van der Waals surface area contributed by atoms with Crippen molar-refractivity contribution in [3.05, 3.63) is 80.6 Å². The summed E-state index contributed by atoms with van der Waals surface area (Å²) < 4.78 is 0. The van der Waals surface area contributed by atoms with Crippen LogP contribution < -0.4 is 10.6 Å². The SMILES string of the molecule is CC/C(N=NC1C(C)=CC([NH2+]c2c(CC)cc(C)cc2CC)=NC1Nc1c(CC)cc(C)cc1CC)=C(/C#N)C(=N)C(C)(C)C. The van der Waals surface area contributed by atoms with Crippen LogP contribution in [0.3, 0.4) is 0 Å². The molecule has 1 aliphatic heterocycles. The summed E-state index contributed by atoms with van der Waals surface area (Å²) in [4.78, 5) is 5.29. The molecule has 0 radical (unpaired) electrons. The van der Waals surface area contributed by atoms with E-state index in [2.05, 4.69) is 101 Å². The summed E-state index contributed by atoms with van der Waals surface area (Å²) in [6.07, 6.45) is 5.94. The number of hydrogen-bond acceptors (Lipinski definition) is 6. The van der Waals surface area contributed by atoms with Crippen LogP contribution in [0.15, 0.2) is 62.4 Å². The minimum Gasteiger partial charge on any atom is -0.361 e. The van der Waals surface area contributed by atoms with Crippen LogP contribution >= 0.6 is 0 Å². The number of nitrogens with one attached hydrogen (secondary N) is 2. The van der Waals surface area contributed by atoms with Gasteiger partial charge in [-0.25, -0.2) is 4.99 Å². The number of rotatable bonds is 11. The largest absolute Gasteiger partial charge is 0.361 e. The third kappa shape index (κ3) is 8.43. The molecule has 1 heterocycles. The molecule has 240 valence electrons. The van der Waals surface area contributed by atoms with E-state index in [1.165, 1.54) is 39.1 Å². The molecule has 0 bridgehead atoms. The Labute approximate surface area is 271 Å². The molecule has 7 heteroatoms. The van der Waals surface area contributed by atoms with Gasteiger partial charge in [0.25, 0.3) is 0 Å². The Morgan fingerprint density at radius 2 is 1.42 bits per heavy atom. The molecule has 0 aromatic heterocycles. The number of nitrogens with two attached hydrogens (primary N) is 1. The van der Waals surface area contributed by atoms with Crippen molar-refractivity contribution in [2.45, 2.75) is 120 Å². The van der Waals surface area contributed by atoms with E-state index in [0.717, 1.165) is 42.8 Å². The van der Waals surface area contributed by atoms with E-state index in [9.17, 15) is 5.26 Å². The van der Waals surface area contributed by atoms with Gasteiger partial charge in [0.2, 0.25) is 5.84 Å². The molecule has 0 fully saturated rings. The van der Waals surface area contributed by atoms with E-state index in [1.807, 2.05) is 27.7 Å². The van der Waals surface area contributed by atoms with E-state index in [0.29, 0.717) is 17.7 Å². The predicted molar refractivity (Wildman–Crippen MR) is 189 cm³/mol. The van der Waals surface area contributed by atoms with Crippen LogP contribution in [0.1, 0.15) is 102 Å². The maximum Gasteiger partial charge on any atom is 0.226 e. The van der Waals surface area contributed by atoms with E-state index >= 15 is 0 Å². The number of nitriles is 1. The lowest BCUT2D eigenvalue weighted by atomic mass is 9.85. The number of quaternary nitrogens is 1. The van der Waals surface area contributed by atoms with Crippen LogP contribution in [0.25, 0.3) is 0 Å². The molecule has 2 aromatic carbocycles. The van der Waals surface area contributed by atoms with Crippen LogP contribution in [0.5, 0.6) is 0 Å². The number of hydrogen-bond donors (Lipinski definition) is 3. The van der Waals surface area contributed by atoms with Crippen molar-refractivity contribution in [2.75, 3.05) is 5.32 Å². The first kappa shape index (κ1) is 35.6. The van der Waals surface area contributed by atoms with Gasteiger partial charge in [-0.15, -0.1) is 0 Å². The average molecular weight is 609 g/mol. The van der Waals surface area contributed by atoms with Crippen LogP contribution in [0.4, 0.5) is 11.4 Å². The van der Waals surface area contributed by atoms with Gasteiger partial charge in [-0.2, -0.15) is 15.5 Å². The predicted octanol–water partition coefficient (Wildman–Crippen LogP) is 8.62. The van der Waals surface area contributed by atoms with Crippen molar-refractivity contribution in [3.8, 4) is 6.07 Å². The van der Waals surface area contributed by atoms with Gasteiger partial charge in [-0.1, -0.05) is 90.8 Å². The maximum absolute atomic E-state index is 10.0. The highest BCUT2D eigenvalue weighted by Gasteiger charge is 2.31. The smallest absolute Gasteiger partial charge is 0.226 e. The lowest BCUT2D eigenvalue weighted by molar-refractivity contribution is -0.443. The molecule has 4 N–H and O–H groups in total. The normalized spacial score (nSPS) is 17.5. The van der Waals surface area contributed by atoms with Crippen LogP contribution in [0, 0.1) is 36.0 Å². The number of aliphatic imine (C=N–C) groups is 1. The standard InChI is InChI=1S/C38H53N7/c1-12-26-17-23(6)18-27(13-2)34(26)41-32-21-25(8)33(45-44-31(16-5)30(22-39)36(40)38(9,10)11)37(42-32)43-35-28(14-3)19-24(7)20-29(35)15-4/h17-21,33,37,40,43H,12-16H2,1-11H3,(H,41,42)/p+1/b31-30+,40-36?,45-44?. The van der Waals surface area contributed by atoms with Gasteiger partial charge in [-0.3, -0.25) is 5.32 Å². The Morgan fingerprint density at radius 3 is 1.87 bits per heavy atom. The number of anilines is 1. The molecule has 2 aromatic rings. The zero-order valence-electron chi connectivity index (χ0n) is 29.4. The van der Waals surface area contributed by atoms with E-state index < -0.39 is 11.6 Å². The second-order valence-corrected chi connectivity index (χ2v) is 13.1. The summed E-state index contributed by atoms with van der Waals surface area (Å²) in [5, 5.41) is 34.3. The maximum atomic E-state index is 10.0. The van der Waals surface area contributed by atoms with Crippen molar-refractivity contribution in [1.82, 2.24) is 0 Å². The van der Waals surface area contributed by atoms with Gasteiger partial charge in [-0.05, 0) is 69.6 Å². The molecule has 2 atom stereocenters. The highest BCUT2D eigenvalue weighted by Crippen LogP contribution is 2.30. The Morgan fingerprint density at radius 1 is 0.911 bits per heavy atom. The number of nitrogens with zero attached hydrogens (tertiary/aromatic N) is 4. The summed E-state index contributed by atoms with van der Waals surface area (Å²) in [6.45, 7) is 23.0. The highest BCUT2D eigenvalue weighted by molar-refractivity contribution is 6.05. The van der Waals surface area contributed by atoms with Gasteiger partial charge in [0.05, 0.1) is 17.0 Å². The third-order valence-corrected chi connectivity index (χ3v) is 8.52. The Bertz CT molecular complexity index is 1520. The van der Waals surface area contributed by atoms with Gasteiger partial charge in [0, 0.05) is 28.3 Å². The van der Waals surface area contributed by atoms with Gasteiger partial charge >= 0.3 is 0 Å². The zero-order valence-corrected chi connectivity index (χ0v) is 29.4. The lowest BCUT2D eigenvalue weighted by Crippen LogP contribution is -2.83. The lowest BCUT2D eigenvalue weighted by Gasteiger charge is -2.28. The molecule has 3 rings (SSSR count). The second-order valence-electron chi connectivity index (χ2n) is 13.1. The van der Waals surface area contributed by atoms with Gasteiger partial charge in [0.1, 0.15) is 17.8 Å². The van der Waals surface area contributed by atoms with E-state index in [-0.39, 0.29) is 11.8 Å². The van der Waals surface area contributed by atoms with Crippen molar-refractivity contribution >= 4 is 22.9 Å². The average Bonchev–Trinajstić information content (AvgIpc) is 3.00. The monoisotopic (exact) mass is 608 g/mol. The Kier molecular flexibility index (Phi) is 12.2. The molecule has 2 unspecified atom stereocenters. The third-order valence-electron chi connectivity index (χ3n) is 8.52. The van der Waals surface area contributed by atoms with Gasteiger partial charge < -0.3 is 10.7 Å². The summed E-state index contributed by atoms with van der Waals surface area (Å²) in [6, 6.07) is 10.9. The number of dihydropyridines is 1. The van der Waals surface area contributed by atoms with Crippen molar-refractivity contribution in [3.63, 3.8) is 0 Å². The number of amidine groups is 1. The molecule has 0 saturated carbocycles. The fourth-order valence-corrected chi connectivity index (χ4v) is 5.95. The summed E-state index contributed by atoms with van der Waals surface area (Å²) in [5.41, 5.74) is 11.8. The Balaban J connectivity index is 2.17. The summed E-state index contributed by atoms with van der Waals surface area (Å²) >= 11 is 0. The molecular weight excluding hydrogens is 554 g/mol. The molecule has 7 nitrogen and oxygen atoms in total. The molecule has 1 aliphatic rings. The van der Waals surface area contributed by atoms with Crippen LogP contribution in [-0.2, 0) is 25.7 Å². The number of aryl methyl sites for hydroxylation is 6. The van der Waals surface area contributed by atoms with E-state index in [4.69, 9.17) is 15.5 Å². The fourth-order valence-electron chi connectivity index (χ4n) is 5.95. The van der Waals surface area contributed by atoms with Gasteiger partial charge in [0.15, 0.2) is 6.17 Å². The minimum atomic E-state index is -0.468. The summed E-state index contributed by atoms with van der Waals surface area (Å²) in [5.74, 6) is 0.909. The van der Waals surface area contributed by atoms with Crippen molar-refractivity contribution in [1.29, 1.82) is 10.7 Å². The Hall–Kier alpha value is -3.89. The second kappa shape index (κ2) is 15.4. The van der Waals surface area contributed by atoms with E-state index in [1.54, 1.807) is 0 Å². The number of azo groups is 1. The molecule has 0 aliphatic carbocycles. The number of allylic oxidation sites excluding steroid dienone is 2. The molecular formula is C38H54N7+. The zero-order chi connectivity index (χ0) is 33.5. The fraction of sp³-hybridized carbons (Fsp3) is 0.500. The first-order valence-corrected chi connectivity index (χ1v) is 16.6. The molecule has 0 amide bonds. The topological polar surface area (TPSA) is 113 Å². The van der Waals surface area contributed by atoms with Crippen LogP contribution in [-0.4, -0.2) is 23.8 Å². The quantitative estimate of drug-likeness (QED) is 0.103. The van der Waals surface area contributed by atoms with Crippen molar-refractivity contribution < 1.29 is 5.32 Å².